The molecule has 0 fully saturated rings. The van der Waals surface area contributed by atoms with Crippen molar-refractivity contribution in [1.82, 2.24) is 0 Å². The summed E-state index contributed by atoms with van der Waals surface area (Å²) in [6.07, 6.45) is 0. The number of benzene rings is 1. The Labute approximate surface area is 65.7 Å². The van der Waals surface area contributed by atoms with Crippen LogP contribution in [0.4, 0.5) is 0 Å². The van der Waals surface area contributed by atoms with Crippen molar-refractivity contribution in [3.05, 3.63) is 29.8 Å². The fourth-order valence-corrected chi connectivity index (χ4v) is 1.25. The fourth-order valence-electron chi connectivity index (χ4n) is 1.25. The molecule has 11 heavy (non-hydrogen) atoms. The molecular weight excluding hydrogens is 140 g/mol. The second-order valence-corrected chi connectivity index (χ2v) is 2.81. The van der Waals surface area contributed by atoms with Gasteiger partial charge in [-0.15, -0.1) is 0 Å². The first kappa shape index (κ1) is 6.68. The van der Waals surface area contributed by atoms with Crippen molar-refractivity contribution in [3.8, 4) is 5.75 Å². The van der Waals surface area contributed by atoms with Gasteiger partial charge in [0, 0.05) is 11.5 Å². The average molecular weight is 150 g/mol. The van der Waals surface area contributed by atoms with E-state index in [0.29, 0.717) is 12.5 Å². The molecule has 0 aliphatic carbocycles. The van der Waals surface area contributed by atoms with Crippen LogP contribution < -0.4 is 4.89 Å². The molecule has 2 nitrogen and oxygen atoms in total. The van der Waals surface area contributed by atoms with Gasteiger partial charge in [0.05, 0.1) is 0 Å². The zero-order chi connectivity index (χ0) is 7.68. The lowest BCUT2D eigenvalue weighted by Crippen LogP contribution is -2.14. The summed E-state index contributed by atoms with van der Waals surface area (Å²) in [5.74, 6) is 1.30. The Kier molecular flexibility index (Phi) is 1.55. The zero-order valence-electron chi connectivity index (χ0n) is 6.41. The zero-order valence-corrected chi connectivity index (χ0v) is 6.41. The maximum Gasteiger partial charge on any atom is 0.168 e. The van der Waals surface area contributed by atoms with Crippen molar-refractivity contribution in [2.24, 2.45) is 0 Å². The van der Waals surface area contributed by atoms with Gasteiger partial charge in [0.2, 0.25) is 0 Å². The molecule has 1 aromatic rings. The van der Waals surface area contributed by atoms with E-state index in [1.165, 1.54) is 5.56 Å². The highest BCUT2D eigenvalue weighted by atomic mass is 17.2. The number of fused-ring (bicyclic) bond motifs is 1. The molecule has 1 heterocycles. The third kappa shape index (κ3) is 1.10. The van der Waals surface area contributed by atoms with Gasteiger partial charge < -0.3 is 4.89 Å². The van der Waals surface area contributed by atoms with Crippen LogP contribution >= 0.6 is 0 Å². The molecule has 0 saturated carbocycles. The van der Waals surface area contributed by atoms with E-state index in [4.69, 9.17) is 9.78 Å². The van der Waals surface area contributed by atoms with Gasteiger partial charge in [-0.3, -0.25) is 0 Å². The van der Waals surface area contributed by atoms with Gasteiger partial charge in [0.15, 0.2) is 5.75 Å². The quantitative estimate of drug-likeness (QED) is 0.527. The summed E-state index contributed by atoms with van der Waals surface area (Å²) in [6.45, 7) is 2.78. The highest BCUT2D eigenvalue weighted by Gasteiger charge is 2.17. The van der Waals surface area contributed by atoms with Crippen LogP contribution in [0.5, 0.6) is 5.75 Å². The largest absolute Gasteiger partial charge is 0.337 e. The molecule has 58 valence electrons. The monoisotopic (exact) mass is 150 g/mol. The lowest BCUT2D eigenvalue weighted by molar-refractivity contribution is -0.220. The summed E-state index contributed by atoms with van der Waals surface area (Å²) in [5.41, 5.74) is 1.23. The van der Waals surface area contributed by atoms with E-state index in [2.05, 4.69) is 13.0 Å². The van der Waals surface area contributed by atoms with Crippen LogP contribution in [0, 0.1) is 0 Å². The summed E-state index contributed by atoms with van der Waals surface area (Å²) in [7, 11) is 0. The topological polar surface area (TPSA) is 18.5 Å². The van der Waals surface area contributed by atoms with Crippen LogP contribution in [0.2, 0.25) is 0 Å². The molecule has 1 atom stereocenters. The highest BCUT2D eigenvalue weighted by molar-refractivity contribution is 5.36. The van der Waals surface area contributed by atoms with Gasteiger partial charge in [0.1, 0.15) is 6.61 Å². The second kappa shape index (κ2) is 2.55. The summed E-state index contributed by atoms with van der Waals surface area (Å²) >= 11 is 0. The Balaban J connectivity index is 2.44. The molecule has 0 N–H and O–H groups in total. The Morgan fingerprint density at radius 3 is 3.00 bits per heavy atom. The molecule has 1 aromatic carbocycles. The molecule has 0 amide bonds. The fraction of sp³-hybridized carbons (Fsp3) is 0.333. The smallest absolute Gasteiger partial charge is 0.168 e. The molecule has 1 aliphatic heterocycles. The number of hydrogen-bond donors (Lipinski definition) is 0. The van der Waals surface area contributed by atoms with Crippen molar-refractivity contribution < 1.29 is 9.78 Å². The highest BCUT2D eigenvalue weighted by Crippen LogP contribution is 2.30. The van der Waals surface area contributed by atoms with Crippen LogP contribution in [-0.4, -0.2) is 6.61 Å². The Morgan fingerprint density at radius 2 is 2.18 bits per heavy atom. The van der Waals surface area contributed by atoms with Gasteiger partial charge >= 0.3 is 0 Å². The van der Waals surface area contributed by atoms with E-state index in [-0.39, 0.29) is 0 Å². The van der Waals surface area contributed by atoms with E-state index in [9.17, 15) is 0 Å². The molecule has 1 unspecified atom stereocenters. The van der Waals surface area contributed by atoms with Gasteiger partial charge in [-0.05, 0) is 6.07 Å². The van der Waals surface area contributed by atoms with E-state index in [0.717, 1.165) is 5.75 Å². The minimum Gasteiger partial charge on any atom is -0.337 e. The van der Waals surface area contributed by atoms with E-state index in [1.54, 1.807) is 0 Å². The standard InChI is InChI=1S/C9H10O2/c1-7-6-10-11-9-5-3-2-4-8(7)9/h2-5,7H,6H2,1H3. The summed E-state index contributed by atoms with van der Waals surface area (Å²) in [6, 6.07) is 7.96. The van der Waals surface area contributed by atoms with Crippen LogP contribution in [0.25, 0.3) is 0 Å². The maximum absolute atomic E-state index is 4.99. The van der Waals surface area contributed by atoms with Crippen LogP contribution in [0.3, 0.4) is 0 Å². The van der Waals surface area contributed by atoms with Gasteiger partial charge in [-0.2, -0.15) is 4.89 Å². The Bertz CT molecular complexity index is 257. The van der Waals surface area contributed by atoms with E-state index >= 15 is 0 Å². The summed E-state index contributed by atoms with van der Waals surface area (Å²) in [5, 5.41) is 0. The normalized spacial score (nSPS) is 22.1. The van der Waals surface area contributed by atoms with Gasteiger partial charge in [0.25, 0.3) is 0 Å². The molecule has 1 aliphatic rings. The SMILES string of the molecule is CC1COOc2ccccc21. The van der Waals surface area contributed by atoms with Crippen molar-refractivity contribution in [2.45, 2.75) is 12.8 Å². The predicted octanol–water partition coefficient (Wildman–Crippen LogP) is 2.11. The van der Waals surface area contributed by atoms with Crippen LogP contribution in [0.1, 0.15) is 18.4 Å². The van der Waals surface area contributed by atoms with Gasteiger partial charge in [-0.1, -0.05) is 25.1 Å². The molecule has 0 spiro atoms. The average Bonchev–Trinajstić information content (AvgIpc) is 2.06. The van der Waals surface area contributed by atoms with Crippen molar-refractivity contribution in [2.75, 3.05) is 6.61 Å². The second-order valence-electron chi connectivity index (χ2n) is 2.81. The maximum atomic E-state index is 4.99. The van der Waals surface area contributed by atoms with Crippen molar-refractivity contribution in [3.63, 3.8) is 0 Å². The number of para-hydroxylation sites is 1. The first-order valence-corrected chi connectivity index (χ1v) is 3.76. The first-order chi connectivity index (χ1) is 5.38. The van der Waals surface area contributed by atoms with E-state index in [1.807, 2.05) is 18.2 Å². The molecule has 2 rings (SSSR count). The molecule has 2 heteroatoms. The summed E-state index contributed by atoms with van der Waals surface area (Å²) in [4.78, 5) is 9.90. The predicted molar refractivity (Wildman–Crippen MR) is 41.4 cm³/mol. The minimum atomic E-state index is 0.444. The molecule has 0 aromatic heterocycles. The number of hydrogen-bond acceptors (Lipinski definition) is 2. The molecule has 0 radical (unpaired) electrons. The minimum absolute atomic E-state index is 0.444. The third-order valence-electron chi connectivity index (χ3n) is 1.92. The lowest BCUT2D eigenvalue weighted by atomic mass is 10.0. The van der Waals surface area contributed by atoms with Crippen molar-refractivity contribution in [1.29, 1.82) is 0 Å². The van der Waals surface area contributed by atoms with Crippen molar-refractivity contribution >= 4 is 0 Å². The third-order valence-corrected chi connectivity index (χ3v) is 1.92. The number of rotatable bonds is 0. The molecular formula is C9H10O2. The first-order valence-electron chi connectivity index (χ1n) is 3.76. The summed E-state index contributed by atoms with van der Waals surface area (Å²) < 4.78 is 0. The Hall–Kier alpha value is -1.02. The van der Waals surface area contributed by atoms with Gasteiger partial charge in [-0.25, -0.2) is 0 Å². The van der Waals surface area contributed by atoms with Crippen LogP contribution in [-0.2, 0) is 4.89 Å². The van der Waals surface area contributed by atoms with E-state index < -0.39 is 0 Å². The van der Waals surface area contributed by atoms with Crippen LogP contribution in [0.15, 0.2) is 24.3 Å². The lowest BCUT2D eigenvalue weighted by Gasteiger charge is -2.20. The Morgan fingerprint density at radius 1 is 1.36 bits per heavy atom. The molecule has 0 bridgehead atoms. The molecule has 0 saturated heterocycles.